The molecule has 194 valence electrons. The first kappa shape index (κ1) is 23.3. The molecule has 0 atom stereocenters. The highest BCUT2D eigenvalue weighted by Gasteiger charge is 2.15. The van der Waals surface area contributed by atoms with Gasteiger partial charge in [-0.2, -0.15) is 0 Å². The Kier molecular flexibility index (Phi) is 5.00. The van der Waals surface area contributed by atoms with Crippen LogP contribution in [0.25, 0.3) is 86.9 Å². The maximum absolute atomic E-state index is 2.39. The van der Waals surface area contributed by atoms with Crippen LogP contribution in [0.1, 0.15) is 0 Å². The van der Waals surface area contributed by atoms with Gasteiger partial charge in [0.2, 0.25) is 0 Å². The maximum atomic E-state index is 2.39. The second-order valence-electron chi connectivity index (χ2n) is 11.3. The van der Waals surface area contributed by atoms with E-state index in [0.717, 1.165) is 0 Å². The van der Waals surface area contributed by atoms with Crippen molar-refractivity contribution in [1.29, 1.82) is 0 Å². The van der Waals surface area contributed by atoms with E-state index >= 15 is 0 Å². The molecule has 0 nitrogen and oxygen atoms in total. The molecule has 9 aromatic rings. The summed E-state index contributed by atoms with van der Waals surface area (Å²) in [6, 6.07) is 58.2. The van der Waals surface area contributed by atoms with Crippen molar-refractivity contribution in [3.8, 4) is 22.3 Å². The standard InChI is InChI=1S/C42H26/c1-2-10-28-24-33(20-19-27(28)9-1)42-34-14-6-5-13-31(34)26-41-37(17-8-18-39(41)42)35-15-7-16-36-38(35)22-21-32-23-29-11-3-4-12-30(29)25-40(32)36/h1-26H. The number of fused-ring (bicyclic) bond motifs is 7. The maximum Gasteiger partial charge on any atom is -0.00264 e. The van der Waals surface area contributed by atoms with Gasteiger partial charge in [0.15, 0.2) is 0 Å². The lowest BCUT2D eigenvalue weighted by Gasteiger charge is -2.17. The molecular formula is C42H26. The van der Waals surface area contributed by atoms with Crippen molar-refractivity contribution in [2.75, 3.05) is 0 Å². The summed E-state index contributed by atoms with van der Waals surface area (Å²) in [4.78, 5) is 0. The van der Waals surface area contributed by atoms with Gasteiger partial charge in [-0.25, -0.2) is 0 Å². The van der Waals surface area contributed by atoms with Gasteiger partial charge in [-0.05, 0) is 111 Å². The molecule has 0 unspecified atom stereocenters. The van der Waals surface area contributed by atoms with Gasteiger partial charge in [0.05, 0.1) is 0 Å². The predicted molar refractivity (Wildman–Crippen MR) is 182 cm³/mol. The third-order valence-electron chi connectivity index (χ3n) is 8.98. The fourth-order valence-electron chi connectivity index (χ4n) is 7.00. The van der Waals surface area contributed by atoms with E-state index < -0.39 is 0 Å². The number of hydrogen-bond donors (Lipinski definition) is 0. The highest BCUT2D eigenvalue weighted by molar-refractivity contribution is 6.20. The van der Waals surface area contributed by atoms with E-state index in [1.165, 1.54) is 86.9 Å². The van der Waals surface area contributed by atoms with E-state index in [1.807, 2.05) is 0 Å². The van der Waals surface area contributed by atoms with Crippen LogP contribution < -0.4 is 0 Å². The summed E-state index contributed by atoms with van der Waals surface area (Å²) in [6.07, 6.45) is 0. The quantitative estimate of drug-likeness (QED) is 0.154. The third kappa shape index (κ3) is 3.49. The Bertz CT molecular complexity index is 2510. The molecule has 0 bridgehead atoms. The Morgan fingerprint density at radius 1 is 0.238 bits per heavy atom. The largest absolute Gasteiger partial charge is 0.0616 e. The second kappa shape index (κ2) is 9.03. The second-order valence-corrected chi connectivity index (χ2v) is 11.3. The fraction of sp³-hybridized carbons (Fsp3) is 0. The molecule has 9 rings (SSSR count). The molecule has 0 fully saturated rings. The minimum Gasteiger partial charge on any atom is -0.0616 e. The number of benzene rings is 9. The van der Waals surface area contributed by atoms with Gasteiger partial charge in [-0.3, -0.25) is 0 Å². The van der Waals surface area contributed by atoms with Crippen LogP contribution in [-0.2, 0) is 0 Å². The van der Waals surface area contributed by atoms with Crippen molar-refractivity contribution in [2.45, 2.75) is 0 Å². The van der Waals surface area contributed by atoms with E-state index in [4.69, 9.17) is 0 Å². The van der Waals surface area contributed by atoms with Crippen LogP contribution in [0.3, 0.4) is 0 Å². The first-order valence-electron chi connectivity index (χ1n) is 14.6. The van der Waals surface area contributed by atoms with Crippen LogP contribution in [-0.4, -0.2) is 0 Å². The van der Waals surface area contributed by atoms with Crippen LogP contribution in [0.2, 0.25) is 0 Å². The average Bonchev–Trinajstić information content (AvgIpc) is 3.05. The minimum atomic E-state index is 1.25. The Morgan fingerprint density at radius 2 is 0.786 bits per heavy atom. The Labute approximate surface area is 244 Å². The summed E-state index contributed by atoms with van der Waals surface area (Å²) < 4.78 is 0. The molecule has 0 aliphatic carbocycles. The Balaban J connectivity index is 1.36. The third-order valence-corrected chi connectivity index (χ3v) is 8.98. The highest BCUT2D eigenvalue weighted by atomic mass is 14.2. The molecular weight excluding hydrogens is 504 g/mol. The minimum absolute atomic E-state index is 1.25. The first-order chi connectivity index (χ1) is 20.8. The summed E-state index contributed by atoms with van der Waals surface area (Å²) in [6.45, 7) is 0. The average molecular weight is 531 g/mol. The van der Waals surface area contributed by atoms with Gasteiger partial charge < -0.3 is 0 Å². The van der Waals surface area contributed by atoms with E-state index in [-0.39, 0.29) is 0 Å². The molecule has 0 spiro atoms. The van der Waals surface area contributed by atoms with E-state index in [1.54, 1.807) is 0 Å². The zero-order valence-corrected chi connectivity index (χ0v) is 23.0. The molecule has 0 aliphatic rings. The number of hydrogen-bond acceptors (Lipinski definition) is 0. The van der Waals surface area contributed by atoms with Crippen LogP contribution >= 0.6 is 0 Å². The van der Waals surface area contributed by atoms with Gasteiger partial charge in [0.1, 0.15) is 0 Å². The van der Waals surface area contributed by atoms with Gasteiger partial charge in [0, 0.05) is 0 Å². The van der Waals surface area contributed by atoms with Crippen LogP contribution in [0.4, 0.5) is 0 Å². The lowest BCUT2D eigenvalue weighted by molar-refractivity contribution is 1.68. The van der Waals surface area contributed by atoms with E-state index in [0.29, 0.717) is 0 Å². The van der Waals surface area contributed by atoms with Crippen LogP contribution in [0.5, 0.6) is 0 Å². The first-order valence-corrected chi connectivity index (χ1v) is 14.6. The van der Waals surface area contributed by atoms with Crippen molar-refractivity contribution in [1.82, 2.24) is 0 Å². The molecule has 0 saturated carbocycles. The predicted octanol–water partition coefficient (Wildman–Crippen LogP) is 11.9. The molecule has 42 heavy (non-hydrogen) atoms. The lowest BCUT2D eigenvalue weighted by atomic mass is 9.86. The normalized spacial score (nSPS) is 11.8. The monoisotopic (exact) mass is 530 g/mol. The van der Waals surface area contributed by atoms with Crippen molar-refractivity contribution in [3.63, 3.8) is 0 Å². The molecule has 9 aromatic carbocycles. The summed E-state index contributed by atoms with van der Waals surface area (Å²) >= 11 is 0. The van der Waals surface area contributed by atoms with Gasteiger partial charge in [0.25, 0.3) is 0 Å². The summed E-state index contributed by atoms with van der Waals surface area (Å²) in [7, 11) is 0. The Morgan fingerprint density at radius 3 is 1.60 bits per heavy atom. The van der Waals surface area contributed by atoms with Crippen molar-refractivity contribution < 1.29 is 0 Å². The van der Waals surface area contributed by atoms with Crippen molar-refractivity contribution in [3.05, 3.63) is 158 Å². The molecule has 0 saturated heterocycles. The molecule has 0 aliphatic heterocycles. The molecule has 0 amide bonds. The van der Waals surface area contributed by atoms with E-state index in [2.05, 4.69) is 158 Å². The fourth-order valence-corrected chi connectivity index (χ4v) is 7.00. The van der Waals surface area contributed by atoms with Crippen LogP contribution in [0.15, 0.2) is 158 Å². The summed E-state index contributed by atoms with van der Waals surface area (Å²) in [5.74, 6) is 0. The van der Waals surface area contributed by atoms with Gasteiger partial charge in [-0.1, -0.05) is 133 Å². The zero-order chi connectivity index (χ0) is 27.6. The zero-order valence-electron chi connectivity index (χ0n) is 23.0. The SMILES string of the molecule is c1ccc2cc(-c3c4ccccc4cc4c(-c5cccc6c5ccc5cc7ccccc7cc56)cccc34)ccc2c1. The van der Waals surface area contributed by atoms with Gasteiger partial charge >= 0.3 is 0 Å². The summed E-state index contributed by atoms with van der Waals surface area (Å²) in [5, 5.41) is 15.4. The molecule has 0 radical (unpaired) electrons. The van der Waals surface area contributed by atoms with E-state index in [9.17, 15) is 0 Å². The highest BCUT2D eigenvalue weighted by Crippen LogP contribution is 2.43. The topological polar surface area (TPSA) is 0 Å². The molecule has 0 heterocycles. The van der Waals surface area contributed by atoms with Gasteiger partial charge in [-0.15, -0.1) is 0 Å². The molecule has 0 heteroatoms. The molecule has 0 aromatic heterocycles. The smallest absolute Gasteiger partial charge is 0.00264 e. The van der Waals surface area contributed by atoms with Crippen molar-refractivity contribution >= 4 is 64.6 Å². The lowest BCUT2D eigenvalue weighted by Crippen LogP contribution is -1.90. The summed E-state index contributed by atoms with van der Waals surface area (Å²) in [5.41, 5.74) is 5.09. The van der Waals surface area contributed by atoms with Crippen molar-refractivity contribution in [2.24, 2.45) is 0 Å². The Hall–Kier alpha value is -5.46. The molecule has 0 N–H and O–H groups in total. The van der Waals surface area contributed by atoms with Crippen LogP contribution in [0, 0.1) is 0 Å². The number of rotatable bonds is 2.